The van der Waals surface area contributed by atoms with E-state index in [9.17, 15) is 14.7 Å². The summed E-state index contributed by atoms with van der Waals surface area (Å²) in [5.74, 6) is 0.322. The Bertz CT molecular complexity index is 535. The largest absolute Gasteiger partial charge is 0.612 e. The summed E-state index contributed by atoms with van der Waals surface area (Å²) in [6.45, 7) is 0. The molecule has 108 valence electrons. The van der Waals surface area contributed by atoms with Crippen LogP contribution < -0.4 is 0 Å². The van der Waals surface area contributed by atoms with Crippen molar-refractivity contribution in [1.82, 2.24) is 0 Å². The Kier molecular flexibility index (Phi) is 8.46. The molecule has 2 rings (SSSR count). The van der Waals surface area contributed by atoms with Crippen LogP contribution in [0.3, 0.4) is 0 Å². The Morgan fingerprint density at radius 2 is 1.70 bits per heavy atom. The van der Waals surface area contributed by atoms with Crippen molar-refractivity contribution in [2.75, 3.05) is 6.26 Å². The first-order valence-corrected chi connectivity index (χ1v) is 6.88. The fraction of sp³-hybridized carbons (Fsp3) is 0.0769. The van der Waals surface area contributed by atoms with Gasteiger partial charge in [0.15, 0.2) is 4.90 Å². The van der Waals surface area contributed by atoms with Crippen LogP contribution in [0.2, 0.25) is 0 Å². The number of phenols is 1. The van der Waals surface area contributed by atoms with E-state index in [2.05, 4.69) is 0 Å². The van der Waals surface area contributed by atoms with Crippen molar-refractivity contribution < 1.29 is 14.6 Å². The molecule has 0 aliphatic carbocycles. The number of rotatable bonds is 2. The van der Waals surface area contributed by atoms with E-state index < -0.39 is 16.1 Å². The summed E-state index contributed by atoms with van der Waals surface area (Å²) >= 11 is -1.16. The predicted molar refractivity (Wildman–Crippen MR) is 83.9 cm³/mol. The third kappa shape index (κ3) is 6.46. The van der Waals surface area contributed by atoms with E-state index in [-0.39, 0.29) is 19.2 Å². The molecule has 1 N–H and O–H groups in total. The maximum Gasteiger partial charge on any atom is 0.274 e. The second-order valence-electron chi connectivity index (χ2n) is 3.54. The summed E-state index contributed by atoms with van der Waals surface area (Å²) in [5, 5.41) is 18.9. The van der Waals surface area contributed by atoms with Crippen LogP contribution in [-0.4, -0.2) is 20.8 Å². The molecular formula is C13H15NO4S2. The molecule has 0 aliphatic rings. The lowest BCUT2D eigenvalue weighted by Gasteiger charge is -2.02. The van der Waals surface area contributed by atoms with Gasteiger partial charge in [0.05, 0.1) is 11.0 Å². The number of hydrogen-bond acceptors (Lipinski definition) is 4. The van der Waals surface area contributed by atoms with E-state index >= 15 is 0 Å². The Morgan fingerprint density at radius 3 is 2.10 bits per heavy atom. The average molecular weight is 313 g/mol. The SMILES string of the molecule is C[S+]([O-])c1cccc([N+](=O)[O-])c1.Oc1ccccc1.S. The van der Waals surface area contributed by atoms with Gasteiger partial charge >= 0.3 is 0 Å². The zero-order valence-corrected chi connectivity index (χ0v) is 12.5. The smallest absolute Gasteiger partial charge is 0.274 e. The molecule has 2 aromatic rings. The normalized spacial score (nSPS) is 10.5. The predicted octanol–water partition coefficient (Wildman–Crippen LogP) is 2.84. The van der Waals surface area contributed by atoms with Gasteiger partial charge in [-0.2, -0.15) is 13.5 Å². The van der Waals surface area contributed by atoms with Gasteiger partial charge in [0.2, 0.25) is 0 Å². The Morgan fingerprint density at radius 1 is 1.10 bits per heavy atom. The molecule has 0 saturated heterocycles. The first kappa shape index (κ1) is 18.3. The lowest BCUT2D eigenvalue weighted by molar-refractivity contribution is -0.385. The summed E-state index contributed by atoms with van der Waals surface area (Å²) < 4.78 is 10.9. The van der Waals surface area contributed by atoms with E-state index in [0.29, 0.717) is 10.6 Å². The molecule has 5 nitrogen and oxygen atoms in total. The Labute approximate surface area is 127 Å². The quantitative estimate of drug-likeness (QED) is 0.525. The van der Waals surface area contributed by atoms with Gasteiger partial charge in [-0.1, -0.05) is 24.3 Å². The number of phenolic OH excluding ortho intramolecular Hbond substituents is 1. The number of aromatic hydroxyl groups is 1. The lowest BCUT2D eigenvalue weighted by atomic mass is 10.3. The van der Waals surface area contributed by atoms with Gasteiger partial charge in [-0.25, -0.2) is 0 Å². The van der Waals surface area contributed by atoms with Crippen LogP contribution in [0.4, 0.5) is 5.69 Å². The van der Waals surface area contributed by atoms with Gasteiger partial charge in [0, 0.05) is 6.07 Å². The van der Waals surface area contributed by atoms with Gasteiger partial charge in [-0.05, 0) is 29.4 Å². The van der Waals surface area contributed by atoms with E-state index in [1.54, 1.807) is 30.3 Å². The molecule has 0 bridgehead atoms. The van der Waals surface area contributed by atoms with Crippen molar-refractivity contribution in [3.63, 3.8) is 0 Å². The summed E-state index contributed by atoms with van der Waals surface area (Å²) in [4.78, 5) is 10.3. The molecule has 1 atom stereocenters. The zero-order valence-electron chi connectivity index (χ0n) is 10.7. The molecule has 0 amide bonds. The van der Waals surface area contributed by atoms with Crippen molar-refractivity contribution >= 4 is 30.4 Å². The molecule has 0 spiro atoms. The van der Waals surface area contributed by atoms with Crippen LogP contribution in [0.5, 0.6) is 5.75 Å². The Hall–Kier alpha value is -1.70. The monoisotopic (exact) mass is 313 g/mol. The molecule has 2 aromatic carbocycles. The zero-order chi connectivity index (χ0) is 14.3. The molecule has 0 aliphatic heterocycles. The Balaban J connectivity index is 0.000000387. The molecule has 0 heterocycles. The van der Waals surface area contributed by atoms with E-state index in [1.807, 2.05) is 6.07 Å². The number of para-hydroxylation sites is 1. The van der Waals surface area contributed by atoms with Crippen LogP contribution in [0.15, 0.2) is 59.5 Å². The van der Waals surface area contributed by atoms with Crippen molar-refractivity contribution in [2.24, 2.45) is 0 Å². The molecule has 1 unspecified atom stereocenters. The van der Waals surface area contributed by atoms with E-state index in [0.717, 1.165) is 0 Å². The number of nitro groups is 1. The van der Waals surface area contributed by atoms with Crippen LogP contribution in [0.25, 0.3) is 0 Å². The van der Waals surface area contributed by atoms with E-state index in [4.69, 9.17) is 5.11 Å². The first-order valence-electron chi connectivity index (χ1n) is 5.32. The second kappa shape index (κ2) is 9.24. The van der Waals surface area contributed by atoms with Gasteiger partial charge < -0.3 is 9.66 Å². The van der Waals surface area contributed by atoms with Crippen LogP contribution in [0.1, 0.15) is 0 Å². The summed E-state index contributed by atoms with van der Waals surface area (Å²) in [6, 6.07) is 14.5. The van der Waals surface area contributed by atoms with Crippen molar-refractivity contribution in [1.29, 1.82) is 0 Å². The standard InChI is InChI=1S/C7H7NO3S.C6H6O.H2S/c1-12(11)7-4-2-3-6(5-7)8(9)10;7-6-4-2-1-3-5-6;/h2-5H,1H3;1-5,7H;1H2. The van der Waals surface area contributed by atoms with Crippen LogP contribution >= 0.6 is 13.5 Å². The fourth-order valence-corrected chi connectivity index (χ4v) is 1.76. The minimum absolute atomic E-state index is 0. The number of nitrogens with zero attached hydrogens (tertiary/aromatic N) is 1. The first-order chi connectivity index (χ1) is 9.00. The van der Waals surface area contributed by atoms with Crippen LogP contribution in [-0.2, 0) is 11.2 Å². The number of hydrogen-bond donors (Lipinski definition) is 1. The minimum atomic E-state index is -1.16. The van der Waals surface area contributed by atoms with Gasteiger partial charge in [-0.3, -0.25) is 10.1 Å². The third-order valence-corrected chi connectivity index (χ3v) is 3.03. The minimum Gasteiger partial charge on any atom is -0.612 e. The van der Waals surface area contributed by atoms with Crippen LogP contribution in [0, 0.1) is 10.1 Å². The lowest BCUT2D eigenvalue weighted by Crippen LogP contribution is -1.97. The van der Waals surface area contributed by atoms with E-state index in [1.165, 1.54) is 24.5 Å². The van der Waals surface area contributed by atoms with Crippen molar-refractivity contribution in [2.45, 2.75) is 4.90 Å². The second-order valence-corrected chi connectivity index (χ2v) is 4.92. The summed E-state index contributed by atoms with van der Waals surface area (Å²) in [7, 11) is 0. The number of nitro benzene ring substituents is 1. The highest BCUT2D eigenvalue weighted by molar-refractivity contribution is 7.90. The highest BCUT2D eigenvalue weighted by Gasteiger charge is 2.10. The number of benzene rings is 2. The van der Waals surface area contributed by atoms with Gasteiger partial charge in [-0.15, -0.1) is 0 Å². The summed E-state index contributed by atoms with van der Waals surface area (Å²) in [5.41, 5.74) is -0.0253. The van der Waals surface area contributed by atoms with Crippen molar-refractivity contribution in [3.05, 3.63) is 64.7 Å². The molecule has 0 saturated carbocycles. The van der Waals surface area contributed by atoms with Gasteiger partial charge in [0.1, 0.15) is 12.0 Å². The molecule has 7 heteroatoms. The van der Waals surface area contributed by atoms with Gasteiger partial charge in [0.25, 0.3) is 5.69 Å². The fourth-order valence-electron chi connectivity index (χ4n) is 1.20. The molecule has 20 heavy (non-hydrogen) atoms. The summed E-state index contributed by atoms with van der Waals surface area (Å²) in [6.07, 6.45) is 1.49. The average Bonchev–Trinajstić information content (AvgIpc) is 2.40. The highest BCUT2D eigenvalue weighted by atomic mass is 32.2. The topological polar surface area (TPSA) is 86.4 Å². The maximum atomic E-state index is 10.9. The molecule has 0 aromatic heterocycles. The van der Waals surface area contributed by atoms with Crippen molar-refractivity contribution in [3.8, 4) is 5.75 Å². The molecule has 0 fully saturated rings. The maximum absolute atomic E-state index is 10.9. The third-order valence-electron chi connectivity index (χ3n) is 2.12. The molecular weight excluding hydrogens is 298 g/mol. The molecule has 0 radical (unpaired) electrons. The number of non-ortho nitro benzene ring substituents is 1. The highest BCUT2D eigenvalue weighted by Crippen LogP contribution is 2.16.